The van der Waals surface area contributed by atoms with Gasteiger partial charge in [-0.15, -0.1) is 0 Å². The number of hydrogen-bond acceptors (Lipinski definition) is 4. The van der Waals surface area contributed by atoms with Gasteiger partial charge in [-0.25, -0.2) is 0 Å². The van der Waals surface area contributed by atoms with Crippen molar-refractivity contribution in [2.24, 2.45) is 0 Å². The summed E-state index contributed by atoms with van der Waals surface area (Å²) in [5.74, 6) is 2.07. The normalized spacial score (nSPS) is 11.5. The molecule has 0 aliphatic heterocycles. The van der Waals surface area contributed by atoms with Crippen molar-refractivity contribution in [2.45, 2.75) is 26.2 Å². The Morgan fingerprint density at radius 3 is 2.00 bits per heavy atom. The molecule has 0 aliphatic rings. The van der Waals surface area contributed by atoms with E-state index in [0.29, 0.717) is 11.3 Å². The van der Waals surface area contributed by atoms with Crippen molar-refractivity contribution in [3.8, 4) is 17.2 Å². The van der Waals surface area contributed by atoms with Gasteiger partial charge < -0.3 is 14.2 Å². The first-order valence-electron chi connectivity index (χ1n) is 8.43. The van der Waals surface area contributed by atoms with E-state index in [4.69, 9.17) is 14.2 Å². The van der Waals surface area contributed by atoms with Gasteiger partial charge in [-0.3, -0.25) is 4.79 Å². The number of allylic oxidation sites excluding steroid dienone is 1. The number of rotatable bonds is 6. The molecule has 0 spiro atoms. The largest absolute Gasteiger partial charge is 0.497 e. The Labute approximate surface area is 155 Å². The lowest BCUT2D eigenvalue weighted by Crippen LogP contribution is -2.13. The van der Waals surface area contributed by atoms with Crippen LogP contribution in [0.2, 0.25) is 0 Å². The van der Waals surface area contributed by atoms with Gasteiger partial charge in [0.05, 0.1) is 21.3 Å². The lowest BCUT2D eigenvalue weighted by molar-refractivity contribution is 0.104. The molecule has 0 heterocycles. The minimum Gasteiger partial charge on any atom is -0.497 e. The van der Waals surface area contributed by atoms with E-state index in [1.807, 2.05) is 12.1 Å². The fourth-order valence-electron chi connectivity index (χ4n) is 2.66. The molecule has 138 valence electrons. The zero-order chi connectivity index (χ0) is 19.3. The Kier molecular flexibility index (Phi) is 6.09. The van der Waals surface area contributed by atoms with E-state index in [2.05, 4.69) is 20.8 Å². The molecule has 0 fully saturated rings. The van der Waals surface area contributed by atoms with Crippen LogP contribution in [0.4, 0.5) is 0 Å². The molecule has 0 aliphatic carbocycles. The summed E-state index contributed by atoms with van der Waals surface area (Å²) in [6, 6.07) is 10.9. The molecule has 4 heteroatoms. The van der Waals surface area contributed by atoms with Crippen LogP contribution in [-0.4, -0.2) is 27.1 Å². The second-order valence-electron chi connectivity index (χ2n) is 6.97. The second-order valence-corrected chi connectivity index (χ2v) is 6.97. The summed E-state index contributed by atoms with van der Waals surface area (Å²) in [6.45, 7) is 6.36. The van der Waals surface area contributed by atoms with E-state index in [1.165, 1.54) is 0 Å². The molecule has 0 bridgehead atoms. The summed E-state index contributed by atoms with van der Waals surface area (Å²) in [6.07, 6.45) is 3.33. The molecule has 0 amide bonds. The third-order valence-electron chi connectivity index (χ3n) is 4.15. The van der Waals surface area contributed by atoms with Crippen molar-refractivity contribution in [3.05, 3.63) is 59.2 Å². The third kappa shape index (κ3) is 4.45. The lowest BCUT2D eigenvalue weighted by atomic mass is 9.85. The standard InChI is InChI=1S/C22H26O4/c1-22(2,3)18-13-16(20(25-5)14-21(18)26-6)9-12-19(23)15-7-10-17(24-4)11-8-15/h7-14H,1-6H3. The smallest absolute Gasteiger partial charge is 0.185 e. The first-order chi connectivity index (χ1) is 12.3. The number of methoxy groups -OCH3 is 3. The van der Waals surface area contributed by atoms with Gasteiger partial charge in [-0.05, 0) is 47.9 Å². The van der Waals surface area contributed by atoms with Gasteiger partial charge >= 0.3 is 0 Å². The van der Waals surface area contributed by atoms with Crippen LogP contribution in [0.1, 0.15) is 42.3 Å². The fourth-order valence-corrected chi connectivity index (χ4v) is 2.66. The van der Waals surface area contributed by atoms with Crippen molar-refractivity contribution in [3.63, 3.8) is 0 Å². The second kappa shape index (κ2) is 8.09. The van der Waals surface area contributed by atoms with Crippen LogP contribution in [0.25, 0.3) is 6.08 Å². The van der Waals surface area contributed by atoms with E-state index in [1.54, 1.807) is 57.7 Å². The van der Waals surface area contributed by atoms with Crippen LogP contribution in [-0.2, 0) is 5.41 Å². The fraction of sp³-hybridized carbons (Fsp3) is 0.318. The molecule has 4 nitrogen and oxygen atoms in total. The van der Waals surface area contributed by atoms with Gasteiger partial charge in [-0.2, -0.15) is 0 Å². The predicted molar refractivity (Wildman–Crippen MR) is 105 cm³/mol. The Morgan fingerprint density at radius 2 is 1.50 bits per heavy atom. The Hall–Kier alpha value is -2.75. The van der Waals surface area contributed by atoms with Crippen molar-refractivity contribution in [2.75, 3.05) is 21.3 Å². The highest BCUT2D eigenvalue weighted by atomic mass is 16.5. The molecule has 2 rings (SSSR count). The van der Waals surface area contributed by atoms with Crippen LogP contribution in [0.5, 0.6) is 17.2 Å². The Balaban J connectivity index is 2.37. The van der Waals surface area contributed by atoms with Crippen LogP contribution in [0.15, 0.2) is 42.5 Å². The number of ketones is 1. The van der Waals surface area contributed by atoms with E-state index in [0.717, 1.165) is 22.6 Å². The Bertz CT molecular complexity index is 796. The van der Waals surface area contributed by atoms with E-state index in [9.17, 15) is 4.79 Å². The first-order valence-corrected chi connectivity index (χ1v) is 8.43. The van der Waals surface area contributed by atoms with Crippen molar-refractivity contribution in [1.82, 2.24) is 0 Å². The van der Waals surface area contributed by atoms with E-state index in [-0.39, 0.29) is 11.2 Å². The molecule has 0 aromatic heterocycles. The van der Waals surface area contributed by atoms with Crippen LogP contribution in [0.3, 0.4) is 0 Å². The number of benzene rings is 2. The number of ether oxygens (including phenoxy) is 3. The van der Waals surface area contributed by atoms with Gasteiger partial charge in [0.15, 0.2) is 5.78 Å². The molecule has 26 heavy (non-hydrogen) atoms. The summed E-state index contributed by atoms with van der Waals surface area (Å²) < 4.78 is 16.1. The summed E-state index contributed by atoms with van der Waals surface area (Å²) in [5, 5.41) is 0. The minimum atomic E-state index is -0.0970. The molecule has 0 atom stereocenters. The lowest BCUT2D eigenvalue weighted by Gasteiger charge is -2.23. The molecule has 2 aromatic carbocycles. The monoisotopic (exact) mass is 354 g/mol. The molecule has 0 saturated heterocycles. The van der Waals surface area contributed by atoms with Gasteiger partial charge in [-0.1, -0.05) is 20.8 Å². The number of carbonyl (C=O) groups is 1. The summed E-state index contributed by atoms with van der Waals surface area (Å²) >= 11 is 0. The molecule has 0 radical (unpaired) electrons. The zero-order valence-electron chi connectivity index (χ0n) is 16.3. The van der Waals surface area contributed by atoms with Crippen LogP contribution >= 0.6 is 0 Å². The van der Waals surface area contributed by atoms with Gasteiger partial charge in [0.2, 0.25) is 0 Å². The van der Waals surface area contributed by atoms with Crippen molar-refractivity contribution >= 4 is 11.9 Å². The summed E-state index contributed by atoms with van der Waals surface area (Å²) in [5.41, 5.74) is 2.39. The van der Waals surface area contributed by atoms with Gasteiger partial charge in [0.1, 0.15) is 17.2 Å². The van der Waals surface area contributed by atoms with E-state index < -0.39 is 0 Å². The number of hydrogen-bond donors (Lipinski definition) is 0. The van der Waals surface area contributed by atoms with E-state index >= 15 is 0 Å². The minimum absolute atomic E-state index is 0.0807. The highest BCUT2D eigenvalue weighted by Crippen LogP contribution is 2.37. The first kappa shape index (κ1) is 19.6. The van der Waals surface area contributed by atoms with Gasteiger partial charge in [0.25, 0.3) is 0 Å². The maximum Gasteiger partial charge on any atom is 0.185 e. The van der Waals surface area contributed by atoms with Crippen molar-refractivity contribution in [1.29, 1.82) is 0 Å². The summed E-state index contributed by atoms with van der Waals surface area (Å²) in [7, 11) is 4.85. The molecule has 0 saturated carbocycles. The highest BCUT2D eigenvalue weighted by Gasteiger charge is 2.21. The molecular weight excluding hydrogens is 328 g/mol. The number of carbonyl (C=O) groups excluding carboxylic acids is 1. The predicted octanol–water partition coefficient (Wildman–Crippen LogP) is 4.91. The molecule has 0 N–H and O–H groups in total. The maximum atomic E-state index is 12.4. The molecule has 2 aromatic rings. The third-order valence-corrected chi connectivity index (χ3v) is 4.15. The zero-order valence-corrected chi connectivity index (χ0v) is 16.3. The van der Waals surface area contributed by atoms with Crippen LogP contribution in [0, 0.1) is 0 Å². The summed E-state index contributed by atoms with van der Waals surface area (Å²) in [4.78, 5) is 12.4. The van der Waals surface area contributed by atoms with Gasteiger partial charge in [0, 0.05) is 22.8 Å². The van der Waals surface area contributed by atoms with Crippen LogP contribution < -0.4 is 14.2 Å². The maximum absolute atomic E-state index is 12.4. The molecule has 0 unspecified atom stereocenters. The Morgan fingerprint density at radius 1 is 0.885 bits per heavy atom. The SMILES string of the molecule is COc1ccc(C(=O)C=Cc2cc(C(C)(C)C)c(OC)cc2OC)cc1. The average molecular weight is 354 g/mol. The van der Waals surface area contributed by atoms with Crippen molar-refractivity contribution < 1.29 is 19.0 Å². The molecular formula is C22H26O4. The topological polar surface area (TPSA) is 44.8 Å². The highest BCUT2D eigenvalue weighted by molar-refractivity contribution is 6.07. The quantitative estimate of drug-likeness (QED) is 0.546. The average Bonchev–Trinajstić information content (AvgIpc) is 2.64.